The monoisotopic (exact) mass is 451 g/mol. The van der Waals surface area contributed by atoms with Crippen LogP contribution in [0.2, 0.25) is 0 Å². The van der Waals surface area contributed by atoms with Crippen LogP contribution in [0.15, 0.2) is 54.4 Å². The summed E-state index contributed by atoms with van der Waals surface area (Å²) in [6, 6.07) is 11.9. The van der Waals surface area contributed by atoms with E-state index in [1.54, 1.807) is 18.2 Å². The summed E-state index contributed by atoms with van der Waals surface area (Å²) in [6.45, 7) is 2.09. The number of pyridine rings is 1. The van der Waals surface area contributed by atoms with E-state index in [9.17, 15) is 19.6 Å². The Bertz CT molecular complexity index is 1090. The molecule has 2 aromatic rings. The number of carbonyl (C=O) groups is 1. The number of nitrogens with one attached hydrogen (secondary N) is 3. The first-order valence-electron chi connectivity index (χ1n) is 10.4. The lowest BCUT2D eigenvalue weighted by Gasteiger charge is -2.41. The average molecular weight is 452 g/mol. The number of amides is 1. The lowest BCUT2D eigenvalue weighted by atomic mass is 9.84. The number of halogens is 1. The predicted molar refractivity (Wildman–Crippen MR) is 122 cm³/mol. The van der Waals surface area contributed by atoms with Gasteiger partial charge in [0.25, 0.3) is 5.91 Å². The van der Waals surface area contributed by atoms with Crippen LogP contribution in [0, 0.1) is 22.7 Å². The van der Waals surface area contributed by atoms with Gasteiger partial charge in [-0.3, -0.25) is 15.1 Å². The van der Waals surface area contributed by atoms with Crippen molar-refractivity contribution in [2.45, 2.75) is 31.3 Å². The number of phenolic OH excluding ortho intramolecular Hbond substituents is 1. The van der Waals surface area contributed by atoms with Gasteiger partial charge in [0.05, 0.1) is 23.6 Å². The molecule has 6 N–H and O–H groups in total. The molecule has 0 bridgehead atoms. The van der Waals surface area contributed by atoms with Crippen LogP contribution in [-0.2, 0) is 11.3 Å². The van der Waals surface area contributed by atoms with Gasteiger partial charge in [0.2, 0.25) is 5.95 Å². The molecule has 0 unspecified atom stereocenters. The maximum absolute atomic E-state index is 13.3. The molecule has 3 rings (SSSR count). The summed E-state index contributed by atoms with van der Waals surface area (Å²) in [4.78, 5) is 17.6. The fourth-order valence-electron chi connectivity index (χ4n) is 3.76. The number of phenols is 1. The number of anilines is 1. The molecule has 0 spiro atoms. The van der Waals surface area contributed by atoms with Crippen molar-refractivity contribution >= 4 is 17.4 Å². The first kappa shape index (κ1) is 23.7. The fourth-order valence-corrected chi connectivity index (χ4v) is 3.76. The molecular weight excluding hydrogens is 425 g/mol. The maximum Gasteiger partial charge on any atom is 0.253 e. The lowest BCUT2D eigenvalue weighted by molar-refractivity contribution is -0.114. The van der Waals surface area contributed by atoms with Crippen molar-refractivity contribution in [3.8, 4) is 11.8 Å². The molecular formula is C23H26FN7O2. The highest BCUT2D eigenvalue weighted by Crippen LogP contribution is 2.27. The normalized spacial score (nSPS) is 15.9. The Hall–Kier alpha value is -3.97. The topological polar surface area (TPSA) is 151 Å². The van der Waals surface area contributed by atoms with Crippen LogP contribution in [-0.4, -0.2) is 45.4 Å². The van der Waals surface area contributed by atoms with Gasteiger partial charge >= 0.3 is 0 Å². The summed E-state index contributed by atoms with van der Waals surface area (Å²) in [6.07, 6.45) is 4.09. The van der Waals surface area contributed by atoms with Crippen LogP contribution in [0.5, 0.6) is 5.75 Å². The third-order valence-electron chi connectivity index (χ3n) is 5.60. The number of aromatic nitrogens is 1. The van der Waals surface area contributed by atoms with Crippen LogP contribution >= 0.6 is 0 Å². The third kappa shape index (κ3) is 6.51. The number of rotatable bonds is 8. The fraction of sp³-hybridized carbons (Fsp3) is 0.304. The molecule has 1 saturated heterocycles. The molecule has 1 fully saturated rings. The minimum absolute atomic E-state index is 0.119. The van der Waals surface area contributed by atoms with Crippen molar-refractivity contribution in [3.63, 3.8) is 0 Å². The molecule has 0 radical (unpaired) electrons. The summed E-state index contributed by atoms with van der Waals surface area (Å²) >= 11 is 0. The van der Waals surface area contributed by atoms with Crippen molar-refractivity contribution in [1.82, 2.24) is 15.2 Å². The Kier molecular flexibility index (Phi) is 7.58. The third-order valence-corrected chi connectivity index (χ3v) is 5.60. The minimum atomic E-state index is -0.831. The van der Waals surface area contributed by atoms with Gasteiger partial charge < -0.3 is 21.5 Å². The SMILES string of the molecule is N#CCC1(N/C=C(\C(=N)Nc2ccnc(F)c2)C(N)=O)CCN(Cc2cccc(O)c2)CC1. The van der Waals surface area contributed by atoms with Crippen molar-refractivity contribution in [3.05, 3.63) is 65.9 Å². The maximum atomic E-state index is 13.3. The molecule has 2 heterocycles. The molecule has 33 heavy (non-hydrogen) atoms. The molecule has 1 aliphatic heterocycles. The zero-order valence-corrected chi connectivity index (χ0v) is 18.0. The molecule has 10 heteroatoms. The number of nitriles is 1. The number of likely N-dealkylation sites (tertiary alicyclic amines) is 1. The number of benzene rings is 1. The molecule has 1 aromatic carbocycles. The Labute approximate surface area is 191 Å². The van der Waals surface area contributed by atoms with Gasteiger partial charge in [-0.1, -0.05) is 12.1 Å². The van der Waals surface area contributed by atoms with Gasteiger partial charge in [-0.05, 0) is 36.6 Å². The first-order chi connectivity index (χ1) is 15.8. The first-order valence-corrected chi connectivity index (χ1v) is 10.4. The van der Waals surface area contributed by atoms with Gasteiger partial charge in [-0.15, -0.1) is 0 Å². The second-order valence-electron chi connectivity index (χ2n) is 8.00. The smallest absolute Gasteiger partial charge is 0.253 e. The molecule has 1 amide bonds. The van der Waals surface area contributed by atoms with Crippen LogP contribution in [0.3, 0.4) is 0 Å². The molecule has 1 aromatic heterocycles. The van der Waals surface area contributed by atoms with Crippen molar-refractivity contribution in [2.24, 2.45) is 5.73 Å². The van der Waals surface area contributed by atoms with Gasteiger partial charge in [-0.25, -0.2) is 4.98 Å². The predicted octanol–water partition coefficient (Wildman–Crippen LogP) is 2.22. The second kappa shape index (κ2) is 10.6. The Morgan fingerprint density at radius 3 is 2.76 bits per heavy atom. The zero-order chi connectivity index (χ0) is 23.8. The summed E-state index contributed by atoms with van der Waals surface area (Å²) in [5.41, 5.74) is 6.03. The van der Waals surface area contributed by atoms with E-state index in [2.05, 4.69) is 26.6 Å². The van der Waals surface area contributed by atoms with Crippen LogP contribution < -0.4 is 16.4 Å². The number of amidine groups is 1. The van der Waals surface area contributed by atoms with Crippen LogP contribution in [0.25, 0.3) is 0 Å². The van der Waals surface area contributed by atoms with Gasteiger partial charge in [0.15, 0.2) is 0 Å². The highest BCUT2D eigenvalue weighted by atomic mass is 19.1. The van der Waals surface area contributed by atoms with Crippen LogP contribution in [0.1, 0.15) is 24.8 Å². The second-order valence-corrected chi connectivity index (χ2v) is 8.00. The lowest BCUT2D eigenvalue weighted by Crippen LogP contribution is -2.51. The van der Waals surface area contributed by atoms with E-state index in [1.165, 1.54) is 18.5 Å². The van der Waals surface area contributed by atoms with E-state index in [-0.39, 0.29) is 29.3 Å². The van der Waals surface area contributed by atoms with Crippen molar-refractivity contribution in [2.75, 3.05) is 18.4 Å². The van der Waals surface area contributed by atoms with E-state index in [4.69, 9.17) is 11.1 Å². The molecule has 1 aliphatic rings. The standard InChI is InChI=1S/C23H26FN7O2/c24-20-13-17(4-9-28-20)30-21(26)19(22(27)33)14-29-23(5-8-25)6-10-31(11-7-23)15-16-2-1-3-18(32)12-16/h1-4,9,12-14,29,32H,5-7,10-11,15H2,(H2,27,33)(H2,26,28,30)/b19-14+. The number of nitrogens with zero attached hydrogens (tertiary/aromatic N) is 3. The Morgan fingerprint density at radius 1 is 1.36 bits per heavy atom. The summed E-state index contributed by atoms with van der Waals surface area (Å²) < 4.78 is 13.3. The molecule has 9 nitrogen and oxygen atoms in total. The number of hydrogen-bond acceptors (Lipinski definition) is 7. The molecule has 0 aliphatic carbocycles. The van der Waals surface area contributed by atoms with Gasteiger partial charge in [-0.2, -0.15) is 9.65 Å². The van der Waals surface area contributed by atoms with E-state index in [1.807, 2.05) is 6.07 Å². The Morgan fingerprint density at radius 2 is 2.12 bits per heavy atom. The molecule has 0 saturated carbocycles. The minimum Gasteiger partial charge on any atom is -0.508 e. The van der Waals surface area contributed by atoms with Crippen molar-refractivity contribution in [1.29, 1.82) is 10.7 Å². The van der Waals surface area contributed by atoms with E-state index in [0.717, 1.165) is 11.6 Å². The summed E-state index contributed by atoms with van der Waals surface area (Å²) in [7, 11) is 0. The number of nitrogens with two attached hydrogens (primary N) is 1. The Balaban J connectivity index is 1.67. The summed E-state index contributed by atoms with van der Waals surface area (Å²) in [5, 5.41) is 33.0. The number of carbonyl (C=O) groups excluding carboxylic acids is 1. The summed E-state index contributed by atoms with van der Waals surface area (Å²) in [5.74, 6) is -1.63. The number of primary amides is 1. The quantitative estimate of drug-likeness (QED) is 0.179. The average Bonchev–Trinajstić information content (AvgIpc) is 2.75. The van der Waals surface area contributed by atoms with E-state index in [0.29, 0.717) is 32.5 Å². The number of aromatic hydroxyl groups is 1. The van der Waals surface area contributed by atoms with E-state index >= 15 is 0 Å². The van der Waals surface area contributed by atoms with Crippen molar-refractivity contribution < 1.29 is 14.3 Å². The zero-order valence-electron chi connectivity index (χ0n) is 18.0. The molecule has 172 valence electrons. The largest absolute Gasteiger partial charge is 0.508 e. The highest BCUT2D eigenvalue weighted by Gasteiger charge is 2.34. The van der Waals surface area contributed by atoms with Gasteiger partial charge in [0.1, 0.15) is 11.6 Å². The highest BCUT2D eigenvalue weighted by molar-refractivity contribution is 6.23. The number of hydrogen-bond donors (Lipinski definition) is 5. The van der Waals surface area contributed by atoms with Crippen LogP contribution in [0.4, 0.5) is 10.1 Å². The van der Waals surface area contributed by atoms with E-state index < -0.39 is 17.4 Å². The number of piperidine rings is 1. The molecule has 0 atom stereocenters. The van der Waals surface area contributed by atoms with Gasteiger partial charge in [0, 0.05) is 43.8 Å².